The quantitative estimate of drug-likeness (QED) is 0.814. The number of nitrogens with two attached hydrogens (primary N) is 1. The molecule has 2 N–H and O–H groups in total. The third-order valence-electron chi connectivity index (χ3n) is 5.85. The molecule has 30 heavy (non-hydrogen) atoms. The zero-order valence-corrected chi connectivity index (χ0v) is 16.4. The van der Waals surface area contributed by atoms with E-state index in [2.05, 4.69) is 4.90 Å². The predicted molar refractivity (Wildman–Crippen MR) is 103 cm³/mol. The maximum atomic E-state index is 13.4. The Labute approximate surface area is 173 Å². The Morgan fingerprint density at radius 3 is 2.50 bits per heavy atom. The monoisotopic (exact) mass is 411 g/mol. The van der Waals surface area contributed by atoms with E-state index >= 15 is 0 Å². The van der Waals surface area contributed by atoms with Gasteiger partial charge in [0, 0.05) is 24.9 Å². The Kier molecular flexibility index (Phi) is 5.61. The highest BCUT2D eigenvalue weighted by Gasteiger charge is 2.54. The molecule has 0 bridgehead atoms. The van der Waals surface area contributed by atoms with Crippen molar-refractivity contribution in [1.82, 2.24) is 4.90 Å². The van der Waals surface area contributed by atoms with Crippen LogP contribution in [0.15, 0.2) is 47.2 Å². The Bertz CT molecular complexity index is 1020. The molecule has 2 atom stereocenters. The van der Waals surface area contributed by atoms with Crippen molar-refractivity contribution < 1.29 is 13.2 Å². The minimum absolute atomic E-state index is 0.0856. The molecule has 5 nitrogen and oxygen atoms in total. The number of nitrogens with zero attached hydrogens (tertiary/aromatic N) is 4. The first-order chi connectivity index (χ1) is 14.2. The zero-order chi connectivity index (χ0) is 22.1. The van der Waals surface area contributed by atoms with Gasteiger partial charge in [0.1, 0.15) is 6.07 Å². The molecule has 2 aliphatic rings. The SMILES string of the molecule is CCCN1CC=C2C(C#N)=C(N)C(C#N)(C#N)[C@@H](c3cccc(C(F)(F)F)c3)[C@@H]2C1. The first kappa shape index (κ1) is 21.4. The molecular weight excluding hydrogens is 391 g/mol. The number of rotatable bonds is 3. The summed E-state index contributed by atoms with van der Waals surface area (Å²) in [6, 6.07) is 10.6. The van der Waals surface area contributed by atoms with Crippen LogP contribution < -0.4 is 5.73 Å². The van der Waals surface area contributed by atoms with Crippen molar-refractivity contribution in [3.05, 3.63) is 58.3 Å². The van der Waals surface area contributed by atoms with Gasteiger partial charge >= 0.3 is 6.18 Å². The van der Waals surface area contributed by atoms with Gasteiger partial charge < -0.3 is 5.73 Å². The third kappa shape index (κ3) is 3.32. The lowest BCUT2D eigenvalue weighted by Gasteiger charge is -2.45. The Morgan fingerprint density at radius 2 is 1.93 bits per heavy atom. The van der Waals surface area contributed by atoms with Crippen molar-refractivity contribution in [3.63, 3.8) is 0 Å². The van der Waals surface area contributed by atoms with Crippen LogP contribution in [0.2, 0.25) is 0 Å². The van der Waals surface area contributed by atoms with Gasteiger partial charge in [-0.3, -0.25) is 4.90 Å². The van der Waals surface area contributed by atoms with Crippen LogP contribution in [-0.2, 0) is 6.18 Å². The largest absolute Gasteiger partial charge is 0.416 e. The fourth-order valence-corrected chi connectivity index (χ4v) is 4.52. The molecule has 0 amide bonds. The van der Waals surface area contributed by atoms with E-state index in [1.54, 1.807) is 0 Å². The van der Waals surface area contributed by atoms with Crippen LogP contribution in [0.3, 0.4) is 0 Å². The van der Waals surface area contributed by atoms with Gasteiger partial charge in [0.2, 0.25) is 0 Å². The molecule has 1 aromatic rings. The number of alkyl halides is 3. The summed E-state index contributed by atoms with van der Waals surface area (Å²) in [4.78, 5) is 2.10. The molecule has 0 saturated heterocycles. The second-order valence-corrected chi connectivity index (χ2v) is 7.56. The minimum Gasteiger partial charge on any atom is -0.399 e. The average molecular weight is 411 g/mol. The van der Waals surface area contributed by atoms with Gasteiger partial charge in [0.15, 0.2) is 5.41 Å². The molecule has 1 heterocycles. The van der Waals surface area contributed by atoms with Gasteiger partial charge in [0.25, 0.3) is 0 Å². The van der Waals surface area contributed by atoms with Crippen LogP contribution in [0.1, 0.15) is 30.4 Å². The van der Waals surface area contributed by atoms with Crippen molar-refractivity contribution in [2.45, 2.75) is 25.4 Å². The summed E-state index contributed by atoms with van der Waals surface area (Å²) in [5, 5.41) is 29.7. The van der Waals surface area contributed by atoms with Gasteiger partial charge in [-0.2, -0.15) is 29.0 Å². The second kappa shape index (κ2) is 7.86. The van der Waals surface area contributed by atoms with Crippen LogP contribution in [0.4, 0.5) is 13.2 Å². The highest BCUT2D eigenvalue weighted by atomic mass is 19.4. The van der Waals surface area contributed by atoms with Crippen LogP contribution in [0, 0.1) is 45.3 Å². The van der Waals surface area contributed by atoms with Gasteiger partial charge in [-0.05, 0) is 30.2 Å². The first-order valence-corrected chi connectivity index (χ1v) is 9.56. The lowest BCUT2D eigenvalue weighted by Crippen LogP contribution is -2.48. The number of allylic oxidation sites excluding steroid dienone is 2. The van der Waals surface area contributed by atoms with Crippen molar-refractivity contribution >= 4 is 0 Å². The number of nitriles is 3. The predicted octanol–water partition coefficient (Wildman–Crippen LogP) is 3.84. The van der Waals surface area contributed by atoms with Crippen molar-refractivity contribution in [2.24, 2.45) is 17.1 Å². The van der Waals surface area contributed by atoms with Crippen LogP contribution >= 0.6 is 0 Å². The number of fused-ring (bicyclic) bond motifs is 1. The summed E-state index contributed by atoms with van der Waals surface area (Å²) in [5.41, 5.74) is 4.09. The van der Waals surface area contributed by atoms with E-state index in [1.165, 1.54) is 12.1 Å². The van der Waals surface area contributed by atoms with Crippen molar-refractivity contribution in [3.8, 4) is 18.2 Å². The molecule has 0 saturated carbocycles. The minimum atomic E-state index is -4.56. The number of benzene rings is 1. The Morgan fingerprint density at radius 1 is 1.23 bits per heavy atom. The summed E-state index contributed by atoms with van der Waals surface area (Å²) in [7, 11) is 0. The maximum Gasteiger partial charge on any atom is 0.416 e. The molecular formula is C22H20F3N5. The molecule has 0 spiro atoms. The topological polar surface area (TPSA) is 101 Å². The number of hydrogen-bond acceptors (Lipinski definition) is 5. The van der Waals surface area contributed by atoms with E-state index in [-0.39, 0.29) is 16.8 Å². The fraction of sp³-hybridized carbons (Fsp3) is 0.409. The van der Waals surface area contributed by atoms with Crippen molar-refractivity contribution in [1.29, 1.82) is 15.8 Å². The lowest BCUT2D eigenvalue weighted by molar-refractivity contribution is -0.137. The van der Waals surface area contributed by atoms with E-state index in [1.807, 2.05) is 31.2 Å². The number of halogens is 3. The molecule has 0 radical (unpaired) electrons. The smallest absolute Gasteiger partial charge is 0.399 e. The van der Waals surface area contributed by atoms with Crippen LogP contribution in [0.25, 0.3) is 0 Å². The highest BCUT2D eigenvalue weighted by molar-refractivity contribution is 5.59. The van der Waals surface area contributed by atoms with E-state index in [0.29, 0.717) is 18.7 Å². The highest BCUT2D eigenvalue weighted by Crippen LogP contribution is 2.54. The molecule has 0 aromatic heterocycles. The summed E-state index contributed by atoms with van der Waals surface area (Å²) in [6.07, 6.45) is -1.85. The summed E-state index contributed by atoms with van der Waals surface area (Å²) in [6.45, 7) is 3.75. The molecule has 3 rings (SSSR count). The Hall–Kier alpha value is -3.28. The lowest BCUT2D eigenvalue weighted by atomic mass is 9.58. The number of hydrogen-bond donors (Lipinski definition) is 1. The normalized spacial score (nSPS) is 23.6. The zero-order valence-electron chi connectivity index (χ0n) is 16.4. The van der Waals surface area contributed by atoms with Gasteiger partial charge in [0.05, 0.1) is 29.0 Å². The second-order valence-electron chi connectivity index (χ2n) is 7.56. The van der Waals surface area contributed by atoms with Crippen molar-refractivity contribution in [2.75, 3.05) is 19.6 Å². The van der Waals surface area contributed by atoms with E-state index in [9.17, 15) is 29.0 Å². The van der Waals surface area contributed by atoms with E-state index < -0.39 is 29.0 Å². The molecule has 1 aliphatic carbocycles. The molecule has 0 fully saturated rings. The summed E-state index contributed by atoms with van der Waals surface area (Å²) < 4.78 is 40.1. The standard InChI is InChI=1S/C22H20F3N5/c1-2-7-30-8-6-16-17(10-26)20(29)21(12-27,13-28)19(18(16)11-30)14-4-3-5-15(9-14)22(23,24)25/h3-6,9,18-19H,2,7-8,11,29H2,1H3/t18-,19+/m1/s1. The maximum absolute atomic E-state index is 13.4. The van der Waals surface area contributed by atoms with E-state index in [4.69, 9.17) is 5.73 Å². The van der Waals surface area contributed by atoms with Gasteiger partial charge in [-0.25, -0.2) is 0 Å². The molecule has 154 valence electrons. The summed E-state index contributed by atoms with van der Waals surface area (Å²) >= 11 is 0. The molecule has 1 aliphatic heterocycles. The van der Waals surface area contributed by atoms with Crippen LogP contribution in [-0.4, -0.2) is 24.5 Å². The van der Waals surface area contributed by atoms with Crippen LogP contribution in [0.5, 0.6) is 0 Å². The molecule has 1 aromatic carbocycles. The molecule has 0 unspecified atom stereocenters. The first-order valence-electron chi connectivity index (χ1n) is 9.56. The Balaban J connectivity index is 2.28. The van der Waals surface area contributed by atoms with Gasteiger partial charge in [-0.15, -0.1) is 0 Å². The van der Waals surface area contributed by atoms with E-state index in [0.717, 1.165) is 25.1 Å². The molecule has 8 heteroatoms. The average Bonchev–Trinajstić information content (AvgIpc) is 2.73. The summed E-state index contributed by atoms with van der Waals surface area (Å²) in [5.74, 6) is -1.44. The van der Waals surface area contributed by atoms with Gasteiger partial charge in [-0.1, -0.05) is 31.2 Å². The fourth-order valence-electron chi connectivity index (χ4n) is 4.52. The third-order valence-corrected chi connectivity index (χ3v) is 5.85.